The highest BCUT2D eigenvalue weighted by Gasteiger charge is 2.32. The minimum absolute atomic E-state index is 0.262. The van der Waals surface area contributed by atoms with Crippen LogP contribution < -0.4 is 5.32 Å². The molecule has 124 valence electrons. The zero-order chi connectivity index (χ0) is 17.1. The minimum atomic E-state index is -3.43. The molecule has 0 saturated carbocycles. The molecule has 1 aromatic carbocycles. The summed E-state index contributed by atoms with van der Waals surface area (Å²) in [7, 11) is -3.43. The Morgan fingerprint density at radius 3 is 2.23 bits per heavy atom. The molecule has 0 bridgehead atoms. The average Bonchev–Trinajstić information content (AvgIpc) is 2.44. The summed E-state index contributed by atoms with van der Waals surface area (Å²) in [5.41, 5.74) is 2.04. The molecule has 0 spiro atoms. The Balaban J connectivity index is 2.81. The second-order valence-electron chi connectivity index (χ2n) is 6.70. The SMILES string of the molecule is Cc1ccccc1C(C)(C)CNC(=O)[C@H](C)S(=O)(=O)C(C)C. The molecule has 1 atom stereocenters. The van der Waals surface area contributed by atoms with Crippen LogP contribution in [0.15, 0.2) is 24.3 Å². The number of carbonyl (C=O) groups is 1. The number of benzene rings is 1. The van der Waals surface area contributed by atoms with Crippen molar-refractivity contribution in [1.82, 2.24) is 5.32 Å². The van der Waals surface area contributed by atoms with Crippen LogP contribution in [0, 0.1) is 6.92 Å². The van der Waals surface area contributed by atoms with Gasteiger partial charge < -0.3 is 5.32 Å². The number of rotatable bonds is 6. The largest absolute Gasteiger partial charge is 0.354 e. The predicted molar refractivity (Wildman–Crippen MR) is 90.7 cm³/mol. The Morgan fingerprint density at radius 2 is 1.73 bits per heavy atom. The van der Waals surface area contributed by atoms with Gasteiger partial charge in [-0.1, -0.05) is 38.1 Å². The average molecular weight is 325 g/mol. The zero-order valence-electron chi connectivity index (χ0n) is 14.3. The third kappa shape index (κ3) is 4.09. The van der Waals surface area contributed by atoms with Crippen molar-refractivity contribution in [1.29, 1.82) is 0 Å². The van der Waals surface area contributed by atoms with E-state index in [0.29, 0.717) is 6.54 Å². The molecule has 1 rings (SSSR count). The number of aryl methyl sites for hydroxylation is 1. The van der Waals surface area contributed by atoms with Crippen LogP contribution in [0.4, 0.5) is 0 Å². The highest BCUT2D eigenvalue weighted by molar-refractivity contribution is 7.93. The predicted octanol–water partition coefficient (Wildman–Crippen LogP) is 2.60. The van der Waals surface area contributed by atoms with Crippen LogP contribution in [0.25, 0.3) is 0 Å². The monoisotopic (exact) mass is 325 g/mol. The van der Waals surface area contributed by atoms with Crippen molar-refractivity contribution >= 4 is 15.7 Å². The smallest absolute Gasteiger partial charge is 0.238 e. The Bertz CT molecular complexity index is 633. The van der Waals surface area contributed by atoms with Crippen LogP contribution in [-0.2, 0) is 20.0 Å². The van der Waals surface area contributed by atoms with Gasteiger partial charge in [-0.05, 0) is 38.8 Å². The number of nitrogens with one attached hydrogen (secondary N) is 1. The summed E-state index contributed by atoms with van der Waals surface area (Å²) in [4.78, 5) is 12.2. The van der Waals surface area contributed by atoms with Crippen molar-refractivity contribution in [2.45, 2.75) is 57.5 Å². The number of amides is 1. The van der Waals surface area contributed by atoms with Crippen LogP contribution >= 0.6 is 0 Å². The Labute approximate surface area is 134 Å². The lowest BCUT2D eigenvalue weighted by molar-refractivity contribution is -0.120. The van der Waals surface area contributed by atoms with Crippen molar-refractivity contribution < 1.29 is 13.2 Å². The lowest BCUT2D eigenvalue weighted by atomic mass is 9.82. The van der Waals surface area contributed by atoms with Gasteiger partial charge in [0.25, 0.3) is 0 Å². The van der Waals surface area contributed by atoms with Gasteiger partial charge in [0, 0.05) is 12.0 Å². The molecule has 0 fully saturated rings. The van der Waals surface area contributed by atoms with Gasteiger partial charge in [-0.25, -0.2) is 8.42 Å². The van der Waals surface area contributed by atoms with Crippen molar-refractivity contribution in [3.05, 3.63) is 35.4 Å². The van der Waals surface area contributed by atoms with Crippen LogP contribution in [0.2, 0.25) is 0 Å². The van der Waals surface area contributed by atoms with E-state index in [1.54, 1.807) is 13.8 Å². The molecule has 0 heterocycles. The van der Waals surface area contributed by atoms with E-state index in [-0.39, 0.29) is 5.41 Å². The van der Waals surface area contributed by atoms with E-state index in [1.165, 1.54) is 6.92 Å². The molecule has 0 aliphatic carbocycles. The lowest BCUT2D eigenvalue weighted by Crippen LogP contribution is -2.45. The second-order valence-corrected chi connectivity index (χ2v) is 9.52. The number of hydrogen-bond acceptors (Lipinski definition) is 3. The van der Waals surface area contributed by atoms with Crippen LogP contribution in [-0.4, -0.2) is 31.4 Å². The summed E-state index contributed by atoms with van der Waals surface area (Å²) >= 11 is 0. The Hall–Kier alpha value is -1.36. The van der Waals surface area contributed by atoms with Gasteiger partial charge in [0.1, 0.15) is 5.25 Å². The fraction of sp³-hybridized carbons (Fsp3) is 0.588. The second kappa shape index (κ2) is 6.82. The summed E-state index contributed by atoms with van der Waals surface area (Å²) < 4.78 is 24.1. The van der Waals surface area contributed by atoms with Crippen molar-refractivity contribution in [2.24, 2.45) is 0 Å². The fourth-order valence-corrected chi connectivity index (χ4v) is 3.63. The normalized spacial score (nSPS) is 14.0. The molecule has 0 unspecified atom stereocenters. The first-order chi connectivity index (χ1) is 10.00. The zero-order valence-corrected chi connectivity index (χ0v) is 15.1. The third-order valence-corrected chi connectivity index (χ3v) is 6.61. The number of sulfone groups is 1. The van der Waals surface area contributed by atoms with Crippen molar-refractivity contribution in [3.8, 4) is 0 Å². The summed E-state index contributed by atoms with van der Waals surface area (Å²) in [6.07, 6.45) is 0. The van der Waals surface area contributed by atoms with E-state index in [2.05, 4.69) is 5.32 Å². The van der Waals surface area contributed by atoms with Gasteiger partial charge in [-0.2, -0.15) is 0 Å². The minimum Gasteiger partial charge on any atom is -0.354 e. The number of hydrogen-bond donors (Lipinski definition) is 1. The molecule has 1 aromatic rings. The molecule has 4 nitrogen and oxygen atoms in total. The van der Waals surface area contributed by atoms with E-state index in [0.717, 1.165) is 11.1 Å². The molecule has 1 amide bonds. The van der Waals surface area contributed by atoms with E-state index in [9.17, 15) is 13.2 Å². The van der Waals surface area contributed by atoms with Gasteiger partial charge in [0.15, 0.2) is 9.84 Å². The highest BCUT2D eigenvalue weighted by atomic mass is 32.2. The first-order valence-corrected chi connectivity index (χ1v) is 9.17. The summed E-state index contributed by atoms with van der Waals surface area (Å²) in [5, 5.41) is 1.21. The fourth-order valence-electron chi connectivity index (χ4n) is 2.44. The maximum absolute atomic E-state index is 12.2. The Kier molecular flexibility index (Phi) is 5.79. The molecule has 22 heavy (non-hydrogen) atoms. The summed E-state index contributed by atoms with van der Waals surface area (Å²) in [6, 6.07) is 8.02. The summed E-state index contributed by atoms with van der Waals surface area (Å²) in [5.74, 6) is -0.435. The first-order valence-electron chi connectivity index (χ1n) is 7.56. The Morgan fingerprint density at radius 1 is 1.18 bits per heavy atom. The molecule has 0 aliphatic heterocycles. The standard InChI is InChI=1S/C17H27NO3S/c1-12(2)22(20,21)14(4)16(19)18-11-17(5,6)15-10-8-7-9-13(15)3/h7-10,12,14H,11H2,1-6H3,(H,18,19)/t14-/m0/s1. The molecule has 1 N–H and O–H groups in total. The summed E-state index contributed by atoms with van der Waals surface area (Å²) in [6.45, 7) is 11.1. The van der Waals surface area contributed by atoms with E-state index < -0.39 is 26.2 Å². The van der Waals surface area contributed by atoms with E-state index >= 15 is 0 Å². The number of carbonyl (C=O) groups excluding carboxylic acids is 1. The van der Waals surface area contributed by atoms with Gasteiger partial charge in [0.05, 0.1) is 5.25 Å². The van der Waals surface area contributed by atoms with Gasteiger partial charge in [-0.15, -0.1) is 0 Å². The van der Waals surface area contributed by atoms with Gasteiger partial charge in [-0.3, -0.25) is 4.79 Å². The quantitative estimate of drug-likeness (QED) is 0.874. The third-order valence-electron chi connectivity index (χ3n) is 4.10. The maximum Gasteiger partial charge on any atom is 0.238 e. The maximum atomic E-state index is 12.2. The van der Waals surface area contributed by atoms with Crippen molar-refractivity contribution in [2.75, 3.05) is 6.54 Å². The molecular weight excluding hydrogens is 298 g/mol. The van der Waals surface area contributed by atoms with Crippen LogP contribution in [0.3, 0.4) is 0 Å². The van der Waals surface area contributed by atoms with Gasteiger partial charge >= 0.3 is 0 Å². The lowest BCUT2D eigenvalue weighted by Gasteiger charge is -2.28. The topological polar surface area (TPSA) is 63.2 Å². The van der Waals surface area contributed by atoms with Crippen molar-refractivity contribution in [3.63, 3.8) is 0 Å². The van der Waals surface area contributed by atoms with E-state index in [1.807, 2.05) is 45.0 Å². The molecular formula is C17H27NO3S. The van der Waals surface area contributed by atoms with E-state index in [4.69, 9.17) is 0 Å². The molecule has 0 aliphatic rings. The molecule has 0 saturated heterocycles. The molecule has 0 aromatic heterocycles. The molecule has 0 radical (unpaired) electrons. The molecule has 5 heteroatoms. The highest BCUT2D eigenvalue weighted by Crippen LogP contribution is 2.25. The first kappa shape index (κ1) is 18.7. The van der Waals surface area contributed by atoms with Crippen LogP contribution in [0.5, 0.6) is 0 Å². The van der Waals surface area contributed by atoms with Gasteiger partial charge in [0.2, 0.25) is 5.91 Å². The van der Waals surface area contributed by atoms with Crippen LogP contribution in [0.1, 0.15) is 45.7 Å².